The molecule has 0 amide bonds. The molecule has 158 valence electrons. The van der Waals surface area contributed by atoms with E-state index in [0.717, 1.165) is 23.4 Å². The number of sulfone groups is 1. The minimum atomic E-state index is -3.20. The molecule has 2 aromatic rings. The van der Waals surface area contributed by atoms with Crippen molar-refractivity contribution in [3.63, 3.8) is 0 Å². The van der Waals surface area contributed by atoms with Gasteiger partial charge in [-0.3, -0.25) is 0 Å². The molecule has 3 rings (SSSR count). The van der Waals surface area contributed by atoms with Gasteiger partial charge >= 0.3 is 0 Å². The minimum absolute atomic E-state index is 0.0809. The molecule has 2 aromatic carbocycles. The molecule has 0 aromatic heterocycles. The zero-order chi connectivity index (χ0) is 20.9. The highest BCUT2D eigenvalue weighted by atomic mass is 32.2. The van der Waals surface area contributed by atoms with Gasteiger partial charge in [-0.25, -0.2) is 8.42 Å². The summed E-state index contributed by atoms with van der Waals surface area (Å²) in [6, 6.07) is 15.1. The van der Waals surface area contributed by atoms with Gasteiger partial charge in [0.1, 0.15) is 12.4 Å². The Bertz CT molecular complexity index is 892. The second-order valence-corrected chi connectivity index (χ2v) is 9.06. The molecule has 1 unspecified atom stereocenters. The Morgan fingerprint density at radius 3 is 2.34 bits per heavy atom. The van der Waals surface area contributed by atoms with Gasteiger partial charge in [0.15, 0.2) is 16.1 Å². The van der Waals surface area contributed by atoms with Crippen molar-refractivity contribution in [2.75, 3.05) is 37.5 Å². The molecule has 1 aliphatic rings. The van der Waals surface area contributed by atoms with Crippen LogP contribution in [0.1, 0.15) is 19.4 Å². The summed E-state index contributed by atoms with van der Waals surface area (Å²) in [5.41, 5.74) is 2.07. The van der Waals surface area contributed by atoms with Crippen LogP contribution < -0.4 is 9.64 Å². The monoisotopic (exact) mass is 419 g/mol. The van der Waals surface area contributed by atoms with Crippen molar-refractivity contribution in [1.82, 2.24) is 0 Å². The molecule has 1 heterocycles. The van der Waals surface area contributed by atoms with E-state index in [-0.39, 0.29) is 12.3 Å². The largest absolute Gasteiger partial charge is 0.489 e. The van der Waals surface area contributed by atoms with Crippen molar-refractivity contribution in [3.05, 3.63) is 54.1 Å². The smallest absolute Gasteiger partial charge is 0.175 e. The van der Waals surface area contributed by atoms with Crippen molar-refractivity contribution in [2.24, 2.45) is 0 Å². The van der Waals surface area contributed by atoms with E-state index in [1.54, 1.807) is 12.1 Å². The van der Waals surface area contributed by atoms with E-state index >= 15 is 0 Å². The highest BCUT2D eigenvalue weighted by Gasteiger charge is 2.30. The first-order valence-electron chi connectivity index (χ1n) is 9.93. The van der Waals surface area contributed by atoms with Crippen LogP contribution in [0.5, 0.6) is 5.75 Å². The van der Waals surface area contributed by atoms with Gasteiger partial charge in [-0.1, -0.05) is 24.3 Å². The zero-order valence-electron chi connectivity index (χ0n) is 17.2. The molecule has 6 nitrogen and oxygen atoms in total. The Balaban J connectivity index is 1.83. The van der Waals surface area contributed by atoms with Crippen molar-refractivity contribution in [3.8, 4) is 5.75 Å². The molecular weight excluding hydrogens is 390 g/mol. The van der Waals surface area contributed by atoms with Crippen molar-refractivity contribution >= 4 is 15.5 Å². The van der Waals surface area contributed by atoms with Crippen LogP contribution in [0.2, 0.25) is 0 Å². The Morgan fingerprint density at radius 1 is 1.07 bits per heavy atom. The van der Waals surface area contributed by atoms with Gasteiger partial charge in [0.25, 0.3) is 0 Å². The Morgan fingerprint density at radius 2 is 1.72 bits per heavy atom. The predicted octanol–water partition coefficient (Wildman–Crippen LogP) is 3.30. The van der Waals surface area contributed by atoms with Gasteiger partial charge in [0, 0.05) is 19.5 Å². The van der Waals surface area contributed by atoms with Gasteiger partial charge in [0.05, 0.1) is 23.2 Å². The highest BCUT2D eigenvalue weighted by Crippen LogP contribution is 2.35. The van der Waals surface area contributed by atoms with Crippen LogP contribution in [0, 0.1) is 0 Å². The molecular formula is C22H29NO5S. The molecule has 0 bridgehead atoms. The van der Waals surface area contributed by atoms with Crippen LogP contribution in [0.25, 0.3) is 0 Å². The first-order chi connectivity index (χ1) is 13.9. The molecule has 1 aliphatic heterocycles. The molecule has 7 heteroatoms. The fourth-order valence-electron chi connectivity index (χ4n) is 3.54. The number of anilines is 1. The maximum atomic E-state index is 11.7. The summed E-state index contributed by atoms with van der Waals surface area (Å²) in [6.07, 6.45) is 1.62. The summed E-state index contributed by atoms with van der Waals surface area (Å²) >= 11 is 0. The van der Waals surface area contributed by atoms with E-state index < -0.39 is 9.84 Å². The van der Waals surface area contributed by atoms with E-state index in [4.69, 9.17) is 14.2 Å². The number of fused-ring (bicyclic) bond motifs is 1. The molecule has 0 saturated heterocycles. The van der Waals surface area contributed by atoms with Gasteiger partial charge in [-0.2, -0.15) is 0 Å². The van der Waals surface area contributed by atoms with Crippen molar-refractivity contribution < 1.29 is 22.6 Å². The second kappa shape index (κ2) is 9.61. The van der Waals surface area contributed by atoms with Gasteiger partial charge < -0.3 is 19.1 Å². The molecule has 0 fully saturated rings. The van der Waals surface area contributed by atoms with E-state index in [1.165, 1.54) is 6.26 Å². The molecule has 29 heavy (non-hydrogen) atoms. The fourth-order valence-corrected chi connectivity index (χ4v) is 4.17. The average Bonchev–Trinajstić information content (AvgIpc) is 2.70. The van der Waals surface area contributed by atoms with Crippen LogP contribution in [0.4, 0.5) is 5.69 Å². The van der Waals surface area contributed by atoms with Crippen LogP contribution in [0.3, 0.4) is 0 Å². The third-order valence-electron chi connectivity index (χ3n) is 4.92. The summed E-state index contributed by atoms with van der Waals surface area (Å²) in [5, 5.41) is 0. The summed E-state index contributed by atoms with van der Waals surface area (Å²) < 4.78 is 41.0. The molecule has 0 aliphatic carbocycles. The third kappa shape index (κ3) is 5.50. The highest BCUT2D eigenvalue weighted by molar-refractivity contribution is 7.90. The molecule has 0 spiro atoms. The fraction of sp³-hybridized carbons (Fsp3) is 0.455. The minimum Gasteiger partial charge on any atom is -0.489 e. The number of hydrogen-bond donors (Lipinski definition) is 0. The maximum Gasteiger partial charge on any atom is 0.175 e. The number of benzene rings is 2. The molecule has 0 N–H and O–H groups in total. The van der Waals surface area contributed by atoms with Crippen molar-refractivity contribution in [1.29, 1.82) is 0 Å². The lowest BCUT2D eigenvalue weighted by molar-refractivity contribution is -0.130. The van der Waals surface area contributed by atoms with Crippen molar-refractivity contribution in [2.45, 2.75) is 37.5 Å². The Labute approximate surface area is 173 Å². The number of rotatable bonds is 9. The summed E-state index contributed by atoms with van der Waals surface area (Å²) in [7, 11) is -3.20. The van der Waals surface area contributed by atoms with Gasteiger partial charge in [-0.05, 0) is 50.1 Å². The van der Waals surface area contributed by atoms with E-state index in [0.29, 0.717) is 31.3 Å². The standard InChI is InChI=1S/C22H29NO5S/c1-4-26-22(27-5-2)15-23-18(16-28-21-9-7-6-8-20(21)23)14-17-10-12-19(13-11-17)29(3,24)25/h6-13,18,22H,4-5,14-16H2,1-3H3. The van der Waals surface area contributed by atoms with Gasteiger partial charge in [-0.15, -0.1) is 0 Å². The quantitative estimate of drug-likeness (QED) is 0.581. The van der Waals surface area contributed by atoms with E-state index in [1.807, 2.05) is 50.2 Å². The molecule has 1 atom stereocenters. The average molecular weight is 420 g/mol. The zero-order valence-corrected chi connectivity index (χ0v) is 18.0. The van der Waals surface area contributed by atoms with Crippen LogP contribution >= 0.6 is 0 Å². The summed E-state index contributed by atoms with van der Waals surface area (Å²) in [6.45, 7) is 6.20. The lowest BCUT2D eigenvalue weighted by atomic mass is 10.0. The summed E-state index contributed by atoms with van der Waals surface area (Å²) in [5.74, 6) is 0.850. The Hall–Kier alpha value is -2.09. The number of nitrogens with zero attached hydrogens (tertiary/aromatic N) is 1. The van der Waals surface area contributed by atoms with E-state index in [9.17, 15) is 8.42 Å². The maximum absolute atomic E-state index is 11.7. The lowest BCUT2D eigenvalue weighted by Crippen LogP contribution is -2.48. The number of para-hydroxylation sites is 2. The van der Waals surface area contributed by atoms with Crippen LogP contribution in [-0.2, 0) is 25.7 Å². The first-order valence-corrected chi connectivity index (χ1v) is 11.8. The number of hydrogen-bond acceptors (Lipinski definition) is 6. The summed E-state index contributed by atoms with van der Waals surface area (Å²) in [4.78, 5) is 2.61. The molecule has 0 radical (unpaired) electrons. The van der Waals surface area contributed by atoms with Gasteiger partial charge in [0.2, 0.25) is 0 Å². The molecule has 0 saturated carbocycles. The predicted molar refractivity (Wildman–Crippen MR) is 113 cm³/mol. The van der Waals surface area contributed by atoms with Crippen LogP contribution in [0.15, 0.2) is 53.4 Å². The van der Waals surface area contributed by atoms with Crippen LogP contribution in [-0.4, -0.2) is 53.4 Å². The Kier molecular flexibility index (Phi) is 7.16. The normalized spacial score (nSPS) is 16.6. The number of ether oxygens (including phenoxy) is 3. The topological polar surface area (TPSA) is 65.1 Å². The lowest BCUT2D eigenvalue weighted by Gasteiger charge is -2.40. The SMILES string of the molecule is CCOC(CN1c2ccccc2OCC1Cc1ccc(S(C)(=O)=O)cc1)OCC. The third-order valence-corrected chi connectivity index (χ3v) is 6.05. The second-order valence-electron chi connectivity index (χ2n) is 7.05. The van der Waals surface area contributed by atoms with E-state index in [2.05, 4.69) is 4.90 Å². The first kappa shape index (κ1) is 21.6.